The fourth-order valence-corrected chi connectivity index (χ4v) is 2.83. The third-order valence-electron chi connectivity index (χ3n) is 4.29. The first-order valence-corrected chi connectivity index (χ1v) is 9.46. The van der Waals surface area contributed by atoms with E-state index in [2.05, 4.69) is 20.6 Å². The van der Waals surface area contributed by atoms with Gasteiger partial charge in [0.2, 0.25) is 5.95 Å². The molecule has 0 atom stereocenters. The molecule has 0 aliphatic carbocycles. The zero-order valence-corrected chi connectivity index (χ0v) is 16.4. The minimum absolute atomic E-state index is 0.318. The van der Waals surface area contributed by atoms with Crippen molar-refractivity contribution in [2.45, 2.75) is 6.92 Å². The van der Waals surface area contributed by atoms with Crippen LogP contribution in [0.1, 0.15) is 15.9 Å². The molecule has 0 fully saturated rings. The number of hydrogen-bond acceptors (Lipinski definition) is 5. The highest BCUT2D eigenvalue weighted by Gasteiger charge is 2.12. The van der Waals surface area contributed by atoms with Crippen LogP contribution in [0.25, 0.3) is 0 Å². The standard InChI is InChI=1S/C24H20N4O2/c1-17-8-7-9-19(14-17)27-24-25-15-18(16-26-24)23(29)28-21-12-5-6-13-22(21)30-20-10-3-2-4-11-20/h2-16H,1H3,(H,28,29)(H,25,26,27). The average molecular weight is 396 g/mol. The lowest BCUT2D eigenvalue weighted by Crippen LogP contribution is -2.13. The molecule has 0 unspecified atom stereocenters. The highest BCUT2D eigenvalue weighted by Crippen LogP contribution is 2.29. The molecule has 2 N–H and O–H groups in total. The summed E-state index contributed by atoms with van der Waals surface area (Å²) < 4.78 is 5.89. The van der Waals surface area contributed by atoms with Crippen LogP contribution in [0.15, 0.2) is 91.3 Å². The first-order valence-electron chi connectivity index (χ1n) is 9.46. The van der Waals surface area contributed by atoms with E-state index >= 15 is 0 Å². The smallest absolute Gasteiger partial charge is 0.258 e. The Hall–Kier alpha value is -4.19. The molecule has 0 saturated heterocycles. The molecule has 148 valence electrons. The van der Waals surface area contributed by atoms with Crippen LogP contribution < -0.4 is 15.4 Å². The lowest BCUT2D eigenvalue weighted by Gasteiger charge is -2.12. The molecule has 0 bridgehead atoms. The Labute approximate surface area is 174 Å². The van der Waals surface area contributed by atoms with Gasteiger partial charge in [0.05, 0.1) is 11.3 Å². The second-order valence-corrected chi connectivity index (χ2v) is 6.66. The van der Waals surface area contributed by atoms with Crippen LogP contribution >= 0.6 is 0 Å². The van der Waals surface area contributed by atoms with E-state index in [-0.39, 0.29) is 5.91 Å². The quantitative estimate of drug-likeness (QED) is 0.445. The second kappa shape index (κ2) is 8.87. The Bertz CT molecular complexity index is 1150. The molecule has 1 heterocycles. The molecule has 0 saturated carbocycles. The van der Waals surface area contributed by atoms with E-state index in [0.29, 0.717) is 28.7 Å². The summed E-state index contributed by atoms with van der Waals surface area (Å²) in [6.07, 6.45) is 2.97. The lowest BCUT2D eigenvalue weighted by molar-refractivity contribution is 0.102. The van der Waals surface area contributed by atoms with Crippen LogP contribution in [0, 0.1) is 6.92 Å². The Morgan fingerprint density at radius 1 is 0.867 bits per heavy atom. The van der Waals surface area contributed by atoms with Crippen LogP contribution in [-0.4, -0.2) is 15.9 Å². The summed E-state index contributed by atoms with van der Waals surface area (Å²) in [6, 6.07) is 24.6. The second-order valence-electron chi connectivity index (χ2n) is 6.66. The summed E-state index contributed by atoms with van der Waals surface area (Å²) in [7, 11) is 0. The number of hydrogen-bond donors (Lipinski definition) is 2. The molecular weight excluding hydrogens is 376 g/mol. The van der Waals surface area contributed by atoms with Gasteiger partial charge in [0.1, 0.15) is 5.75 Å². The number of nitrogens with one attached hydrogen (secondary N) is 2. The van der Waals surface area contributed by atoms with E-state index in [9.17, 15) is 4.79 Å². The first-order chi connectivity index (χ1) is 14.7. The van der Waals surface area contributed by atoms with Crippen LogP contribution in [0.2, 0.25) is 0 Å². The highest BCUT2D eigenvalue weighted by atomic mass is 16.5. The third-order valence-corrected chi connectivity index (χ3v) is 4.29. The van der Waals surface area contributed by atoms with E-state index in [1.165, 1.54) is 12.4 Å². The Morgan fingerprint density at radius 2 is 1.60 bits per heavy atom. The zero-order chi connectivity index (χ0) is 20.8. The summed E-state index contributed by atoms with van der Waals surface area (Å²) in [4.78, 5) is 21.2. The highest BCUT2D eigenvalue weighted by molar-refractivity contribution is 6.04. The topological polar surface area (TPSA) is 76.1 Å². The van der Waals surface area contributed by atoms with E-state index in [4.69, 9.17) is 4.74 Å². The fraction of sp³-hybridized carbons (Fsp3) is 0.0417. The number of carbonyl (C=O) groups is 1. The molecule has 30 heavy (non-hydrogen) atoms. The van der Waals surface area contributed by atoms with E-state index < -0.39 is 0 Å². The van der Waals surface area contributed by atoms with Crippen LogP contribution in [0.3, 0.4) is 0 Å². The minimum Gasteiger partial charge on any atom is -0.455 e. The van der Waals surface area contributed by atoms with Crippen molar-refractivity contribution in [2.24, 2.45) is 0 Å². The van der Waals surface area contributed by atoms with Gasteiger partial charge in [0.25, 0.3) is 5.91 Å². The SMILES string of the molecule is Cc1cccc(Nc2ncc(C(=O)Nc3ccccc3Oc3ccccc3)cn2)c1. The molecule has 1 aromatic heterocycles. The Balaban J connectivity index is 1.45. The number of ether oxygens (including phenoxy) is 1. The lowest BCUT2D eigenvalue weighted by atomic mass is 10.2. The van der Waals surface area contributed by atoms with Crippen LogP contribution in [0.4, 0.5) is 17.3 Å². The summed E-state index contributed by atoms with van der Waals surface area (Å²) in [5, 5.41) is 5.98. The van der Waals surface area contributed by atoms with E-state index in [0.717, 1.165) is 11.3 Å². The minimum atomic E-state index is -0.318. The van der Waals surface area contributed by atoms with Crippen molar-refractivity contribution in [1.82, 2.24) is 9.97 Å². The Morgan fingerprint density at radius 3 is 2.37 bits per heavy atom. The Kier molecular flexibility index (Phi) is 5.66. The molecule has 0 radical (unpaired) electrons. The monoisotopic (exact) mass is 396 g/mol. The number of nitrogens with zero attached hydrogens (tertiary/aromatic N) is 2. The van der Waals surface area contributed by atoms with Gasteiger partial charge in [0, 0.05) is 18.1 Å². The molecule has 0 aliphatic heterocycles. The normalized spacial score (nSPS) is 10.3. The molecule has 4 rings (SSSR count). The molecule has 0 spiro atoms. The predicted molar refractivity (Wildman–Crippen MR) is 117 cm³/mol. The zero-order valence-electron chi connectivity index (χ0n) is 16.4. The van der Waals surface area contributed by atoms with Gasteiger partial charge in [-0.05, 0) is 48.9 Å². The van der Waals surface area contributed by atoms with Crippen molar-refractivity contribution < 1.29 is 9.53 Å². The van der Waals surface area contributed by atoms with Gasteiger partial charge in [0.15, 0.2) is 5.75 Å². The summed E-state index contributed by atoms with van der Waals surface area (Å²) >= 11 is 0. The molecule has 3 aromatic carbocycles. The summed E-state index contributed by atoms with van der Waals surface area (Å²) in [6.45, 7) is 2.01. The first kappa shape index (κ1) is 19.1. The van der Waals surface area contributed by atoms with Crippen molar-refractivity contribution in [3.05, 3.63) is 102 Å². The van der Waals surface area contributed by atoms with Crippen molar-refractivity contribution >= 4 is 23.2 Å². The fourth-order valence-electron chi connectivity index (χ4n) is 2.83. The number of benzene rings is 3. The maximum absolute atomic E-state index is 12.7. The molecule has 6 nitrogen and oxygen atoms in total. The van der Waals surface area contributed by atoms with Crippen molar-refractivity contribution in [3.63, 3.8) is 0 Å². The van der Waals surface area contributed by atoms with Crippen molar-refractivity contribution in [1.29, 1.82) is 0 Å². The summed E-state index contributed by atoms with van der Waals surface area (Å²) in [5.74, 6) is 1.34. The maximum Gasteiger partial charge on any atom is 0.258 e. The number of anilines is 3. The van der Waals surface area contributed by atoms with Gasteiger partial charge in [-0.1, -0.05) is 42.5 Å². The number of para-hydroxylation sites is 3. The van der Waals surface area contributed by atoms with E-state index in [1.807, 2.05) is 73.7 Å². The molecule has 1 amide bonds. The predicted octanol–water partition coefficient (Wildman–Crippen LogP) is 5.57. The molecule has 4 aromatic rings. The number of carbonyl (C=O) groups excluding carboxylic acids is 1. The van der Waals surface area contributed by atoms with Crippen molar-refractivity contribution in [3.8, 4) is 11.5 Å². The third kappa shape index (κ3) is 4.80. The number of aryl methyl sites for hydroxylation is 1. The molecular formula is C24H20N4O2. The maximum atomic E-state index is 12.7. The van der Waals surface area contributed by atoms with Gasteiger partial charge >= 0.3 is 0 Å². The van der Waals surface area contributed by atoms with Gasteiger partial charge < -0.3 is 15.4 Å². The number of amides is 1. The largest absolute Gasteiger partial charge is 0.455 e. The summed E-state index contributed by atoms with van der Waals surface area (Å²) in [5.41, 5.74) is 2.93. The number of aromatic nitrogens is 2. The van der Waals surface area contributed by atoms with Crippen molar-refractivity contribution in [2.75, 3.05) is 10.6 Å². The number of rotatable bonds is 6. The van der Waals surface area contributed by atoms with Gasteiger partial charge in [-0.2, -0.15) is 0 Å². The average Bonchev–Trinajstić information content (AvgIpc) is 2.76. The van der Waals surface area contributed by atoms with Gasteiger partial charge in [-0.3, -0.25) is 4.79 Å². The van der Waals surface area contributed by atoms with Crippen LogP contribution in [0.5, 0.6) is 11.5 Å². The van der Waals surface area contributed by atoms with Gasteiger partial charge in [-0.15, -0.1) is 0 Å². The van der Waals surface area contributed by atoms with Crippen LogP contribution in [-0.2, 0) is 0 Å². The van der Waals surface area contributed by atoms with Gasteiger partial charge in [-0.25, -0.2) is 9.97 Å². The van der Waals surface area contributed by atoms with E-state index in [1.54, 1.807) is 12.1 Å². The molecule has 0 aliphatic rings. The molecule has 6 heteroatoms.